The molecule has 8 amide bonds. The molecule has 1 aliphatic heterocycles. The van der Waals surface area contributed by atoms with Crippen LogP contribution < -0.4 is 43.0 Å². The molecule has 0 radical (unpaired) electrons. The maximum Gasteiger partial charge on any atom is 0.410 e. The quantitative estimate of drug-likeness (QED) is 0.0263. The molecule has 0 bridgehead atoms. The standard InChI is InChI=1S/C69H111N13O16/c1-16-22-49(39-73-54(84)29-30-57(87)88)94-37-32-47(2)93-38-36-82-59-50-24-18-17-23-48(50)40-81(52-26-20-19-25-51(52)58(59)77-78-82)56(86)31-33-72-53(83)27-21-28-55(85)76-69(42-71,44-75-61(90)96-65(6,7)8)46-80(63(92)98-67(12,13)14)35-34-79(62(91)97-66(9,10)11)45-68(15,41-70)43-74-60(89)95-64(3,4)5/h17-20,23-26,47,49H,16,21-22,27-46,70-71H2,1-15H3,(H,72,83)(H,73,84)(H,74,89)(H,75,90)(H,76,85)(H,87,88). The molecular formula is C69H111N13O16. The van der Waals surface area contributed by atoms with E-state index in [9.17, 15) is 43.2 Å². The summed E-state index contributed by atoms with van der Waals surface area (Å²) in [7, 11) is 0. The Hall–Kier alpha value is -8.15. The minimum absolute atomic E-state index is 0.00247. The number of aromatic nitrogens is 3. The fraction of sp³-hybridized carbons (Fsp3) is 0.667. The first-order valence-electron chi connectivity index (χ1n) is 33.8. The van der Waals surface area contributed by atoms with Crippen LogP contribution in [0.1, 0.15) is 167 Å². The number of carbonyl (C=O) groups is 9. The highest BCUT2D eigenvalue weighted by molar-refractivity contribution is 6.00. The highest BCUT2D eigenvalue weighted by Gasteiger charge is 2.39. The first-order valence-corrected chi connectivity index (χ1v) is 33.8. The van der Waals surface area contributed by atoms with Gasteiger partial charge in [-0.3, -0.25) is 24.0 Å². The summed E-state index contributed by atoms with van der Waals surface area (Å²) in [6.07, 6.45) is -1.98. The number of carbonyl (C=O) groups excluding carboxylic acids is 8. The zero-order valence-electron chi connectivity index (χ0n) is 60.4. The summed E-state index contributed by atoms with van der Waals surface area (Å²) in [5, 5.41) is 32.1. The van der Waals surface area contributed by atoms with E-state index in [1.165, 1.54) is 9.80 Å². The third-order valence-corrected chi connectivity index (χ3v) is 15.2. The van der Waals surface area contributed by atoms with Crippen molar-refractivity contribution in [1.82, 2.24) is 51.4 Å². The van der Waals surface area contributed by atoms with Crippen molar-refractivity contribution in [1.29, 1.82) is 0 Å². The second-order valence-electron chi connectivity index (χ2n) is 29.1. The maximum absolute atomic E-state index is 14.4. The van der Waals surface area contributed by atoms with Crippen molar-refractivity contribution < 1.29 is 76.7 Å². The third kappa shape index (κ3) is 29.5. The number of para-hydroxylation sites is 1. The van der Waals surface area contributed by atoms with Crippen LogP contribution in [0.2, 0.25) is 0 Å². The average Bonchev–Trinajstić information content (AvgIpc) is 1.50. The van der Waals surface area contributed by atoms with E-state index >= 15 is 0 Å². The number of carboxylic acids is 1. The lowest BCUT2D eigenvalue weighted by molar-refractivity contribution is -0.139. The van der Waals surface area contributed by atoms with Gasteiger partial charge >= 0.3 is 30.3 Å². The fourth-order valence-electron chi connectivity index (χ4n) is 10.3. The molecule has 0 saturated carbocycles. The summed E-state index contributed by atoms with van der Waals surface area (Å²) < 4.78 is 36.8. The summed E-state index contributed by atoms with van der Waals surface area (Å²) in [5.74, 6) is -2.62. The van der Waals surface area contributed by atoms with Gasteiger partial charge in [-0.25, -0.2) is 23.9 Å². The van der Waals surface area contributed by atoms with Crippen molar-refractivity contribution in [3.05, 3.63) is 54.1 Å². The number of amides is 8. The third-order valence-electron chi connectivity index (χ3n) is 15.2. The number of nitrogens with zero attached hydrogens (tertiary/aromatic N) is 6. The topological polar surface area (TPSA) is 382 Å². The summed E-state index contributed by atoms with van der Waals surface area (Å²) >= 11 is 0. The number of nitrogens with one attached hydrogen (secondary N) is 5. The van der Waals surface area contributed by atoms with Crippen LogP contribution >= 0.6 is 0 Å². The van der Waals surface area contributed by atoms with Crippen LogP contribution in [0.5, 0.6) is 0 Å². The number of benzene rings is 2. The Balaban J connectivity index is 1.45. The number of fused-ring (bicyclic) bond motifs is 5. The number of hydrogen-bond acceptors (Lipinski definition) is 19. The Labute approximate surface area is 577 Å². The molecule has 3 aromatic rings. The molecule has 98 heavy (non-hydrogen) atoms. The smallest absolute Gasteiger partial charge is 0.410 e. The monoisotopic (exact) mass is 1380 g/mol. The number of alkyl carbamates (subject to hydrolysis) is 2. The Kier molecular flexibility index (Phi) is 31.7. The van der Waals surface area contributed by atoms with Gasteiger partial charge in [0.2, 0.25) is 23.6 Å². The molecule has 548 valence electrons. The Morgan fingerprint density at radius 3 is 1.77 bits per heavy atom. The van der Waals surface area contributed by atoms with Crippen molar-refractivity contribution in [2.24, 2.45) is 16.9 Å². The SMILES string of the molecule is CCCC(CNC(=O)CCC(=O)O)OCCC(C)OCCn1nnc2c1-c1ccccc1CN(C(=O)CCNC(=O)CCCC(=O)NC(CN)(CNC(=O)OC(C)(C)C)CN(CCN(CC(C)(CN)CNC(=O)OC(C)(C)C)C(=O)OC(C)(C)C)C(=O)OC(C)(C)C)c1ccccc1-2. The number of ether oxygens (including phenoxy) is 6. The van der Waals surface area contributed by atoms with Gasteiger partial charge in [0, 0.05) is 108 Å². The molecular weight excluding hydrogens is 1270 g/mol. The molecule has 10 N–H and O–H groups in total. The van der Waals surface area contributed by atoms with Crippen molar-refractivity contribution in [2.45, 2.75) is 215 Å². The lowest BCUT2D eigenvalue weighted by Gasteiger charge is -2.40. The van der Waals surface area contributed by atoms with E-state index in [0.29, 0.717) is 43.1 Å². The van der Waals surface area contributed by atoms with E-state index in [0.717, 1.165) is 29.7 Å². The molecule has 4 unspecified atom stereocenters. The van der Waals surface area contributed by atoms with Gasteiger partial charge in [-0.05, 0) is 121 Å². The van der Waals surface area contributed by atoms with Gasteiger partial charge in [0.1, 0.15) is 28.1 Å². The fourth-order valence-corrected chi connectivity index (χ4v) is 10.3. The molecule has 2 heterocycles. The Morgan fingerprint density at radius 1 is 0.622 bits per heavy atom. The predicted octanol–water partition coefficient (Wildman–Crippen LogP) is 7.40. The minimum atomic E-state index is -1.60. The largest absolute Gasteiger partial charge is 0.481 e. The van der Waals surface area contributed by atoms with Crippen LogP contribution in [-0.4, -0.2) is 203 Å². The predicted molar refractivity (Wildman–Crippen MR) is 369 cm³/mol. The molecule has 4 atom stereocenters. The van der Waals surface area contributed by atoms with Crippen molar-refractivity contribution in [2.75, 3.05) is 83.6 Å². The van der Waals surface area contributed by atoms with Crippen LogP contribution in [-0.2, 0) is 65.5 Å². The summed E-state index contributed by atoms with van der Waals surface area (Å²) in [4.78, 5) is 124. The maximum atomic E-state index is 14.4. The van der Waals surface area contributed by atoms with Crippen LogP contribution in [0.15, 0.2) is 48.5 Å². The molecule has 29 nitrogen and oxygen atoms in total. The molecule has 29 heteroatoms. The summed E-state index contributed by atoms with van der Waals surface area (Å²) in [6.45, 7) is 26.2. The van der Waals surface area contributed by atoms with Crippen molar-refractivity contribution >= 4 is 59.7 Å². The first-order chi connectivity index (χ1) is 45.8. The van der Waals surface area contributed by atoms with Gasteiger partial charge in [0.15, 0.2) is 0 Å². The van der Waals surface area contributed by atoms with Gasteiger partial charge in [-0.2, -0.15) is 0 Å². The molecule has 1 aromatic heterocycles. The molecule has 1 aliphatic rings. The lowest BCUT2D eigenvalue weighted by Crippen LogP contribution is -2.66. The number of hydrogen-bond donors (Lipinski definition) is 8. The van der Waals surface area contributed by atoms with E-state index in [-0.39, 0.29) is 135 Å². The van der Waals surface area contributed by atoms with Crippen molar-refractivity contribution in [3.63, 3.8) is 0 Å². The molecule has 0 fully saturated rings. The van der Waals surface area contributed by atoms with E-state index in [4.69, 9.17) is 45.0 Å². The van der Waals surface area contributed by atoms with Gasteiger partial charge in [0.05, 0.1) is 61.8 Å². The molecule has 0 saturated heterocycles. The Morgan fingerprint density at radius 2 is 1.18 bits per heavy atom. The van der Waals surface area contributed by atoms with E-state index < -0.39 is 75.5 Å². The second kappa shape index (κ2) is 37.7. The van der Waals surface area contributed by atoms with Crippen LogP contribution in [0, 0.1) is 5.41 Å². The number of anilines is 1. The van der Waals surface area contributed by atoms with Crippen molar-refractivity contribution in [3.8, 4) is 22.5 Å². The summed E-state index contributed by atoms with van der Waals surface area (Å²) in [5.41, 5.74) is 10.9. The number of nitrogens with two attached hydrogens (primary N) is 2. The number of rotatable bonds is 36. The lowest BCUT2D eigenvalue weighted by atomic mass is 9.90. The number of carboxylic acid groups (broad SMARTS) is 1. The molecule has 4 rings (SSSR count). The van der Waals surface area contributed by atoms with Gasteiger partial charge < -0.3 is 86.3 Å². The highest BCUT2D eigenvalue weighted by Crippen LogP contribution is 2.41. The summed E-state index contributed by atoms with van der Waals surface area (Å²) in [6, 6.07) is 15.1. The normalized spacial score (nSPS) is 14.2. The molecule has 0 spiro atoms. The van der Waals surface area contributed by atoms with Gasteiger partial charge in [-0.1, -0.05) is 67.9 Å². The molecule has 0 aliphatic carbocycles. The average molecular weight is 1380 g/mol. The van der Waals surface area contributed by atoms with Crippen LogP contribution in [0.3, 0.4) is 0 Å². The van der Waals surface area contributed by atoms with Crippen LogP contribution in [0.4, 0.5) is 24.9 Å². The zero-order valence-corrected chi connectivity index (χ0v) is 60.4. The second-order valence-corrected chi connectivity index (χ2v) is 29.1. The Bertz CT molecular complexity index is 3130. The number of aliphatic carboxylic acids is 1. The van der Waals surface area contributed by atoms with E-state index in [2.05, 4.69) is 36.9 Å². The van der Waals surface area contributed by atoms with Crippen LogP contribution in [0.25, 0.3) is 22.5 Å². The van der Waals surface area contributed by atoms with Gasteiger partial charge in [-0.15, -0.1) is 5.10 Å². The van der Waals surface area contributed by atoms with Gasteiger partial charge in [0.25, 0.3) is 0 Å². The van der Waals surface area contributed by atoms with E-state index in [1.807, 2.05) is 62.4 Å². The molecule has 2 aromatic carbocycles. The highest BCUT2D eigenvalue weighted by atomic mass is 16.6. The first kappa shape index (κ1) is 82.3. The zero-order chi connectivity index (χ0) is 73.2. The van der Waals surface area contributed by atoms with E-state index in [1.54, 1.807) is 99.6 Å². The minimum Gasteiger partial charge on any atom is -0.481 e.